The molecule has 0 radical (unpaired) electrons. The molecule has 1 aliphatic heterocycles. The first-order valence-corrected chi connectivity index (χ1v) is 10.1. The van der Waals surface area contributed by atoms with Crippen LogP contribution in [0.4, 0.5) is 10.5 Å². The molecule has 168 valence electrons. The quantitative estimate of drug-likeness (QED) is 0.594. The normalized spacial score (nSPS) is 13.1. The first kappa shape index (κ1) is 21.8. The number of carbonyl (C=O) groups is 2. The molecule has 0 unspecified atom stereocenters. The molecule has 1 aromatic heterocycles. The summed E-state index contributed by atoms with van der Waals surface area (Å²) >= 11 is 0. The van der Waals surface area contributed by atoms with Crippen molar-refractivity contribution in [3.63, 3.8) is 0 Å². The van der Waals surface area contributed by atoms with E-state index < -0.39 is 6.09 Å². The molecule has 2 aromatic carbocycles. The smallest absolute Gasteiger partial charge is 0.431 e. The number of pyridine rings is 1. The fourth-order valence-corrected chi connectivity index (χ4v) is 3.24. The van der Waals surface area contributed by atoms with Crippen LogP contribution in [0.1, 0.15) is 21.6 Å². The summed E-state index contributed by atoms with van der Waals surface area (Å²) in [5, 5.41) is 8.52. The molecule has 9 nitrogen and oxygen atoms in total. The molecular formula is C24H22N4O5. The SMILES string of the molecule is COc1ccc(C2=NN(Cc3ccc(NC(=O)c4ccccn4)cc3)C(=O)OC2)cc1OC. The Bertz CT molecular complexity index is 1180. The number of hydrazone groups is 1. The summed E-state index contributed by atoms with van der Waals surface area (Å²) in [5.74, 6) is 0.860. The van der Waals surface area contributed by atoms with Crippen LogP contribution in [0, 0.1) is 0 Å². The van der Waals surface area contributed by atoms with Crippen molar-refractivity contribution in [1.82, 2.24) is 9.99 Å². The third-order valence-corrected chi connectivity index (χ3v) is 4.94. The van der Waals surface area contributed by atoms with Crippen LogP contribution in [0.5, 0.6) is 11.5 Å². The number of hydrogen-bond acceptors (Lipinski definition) is 7. The number of hydrogen-bond donors (Lipinski definition) is 1. The minimum atomic E-state index is -0.535. The van der Waals surface area contributed by atoms with E-state index in [9.17, 15) is 9.59 Å². The maximum atomic E-state index is 12.3. The van der Waals surface area contributed by atoms with Gasteiger partial charge in [0.2, 0.25) is 0 Å². The van der Waals surface area contributed by atoms with E-state index in [0.29, 0.717) is 28.6 Å². The van der Waals surface area contributed by atoms with E-state index in [1.165, 1.54) is 5.01 Å². The predicted molar refractivity (Wildman–Crippen MR) is 122 cm³/mol. The Morgan fingerprint density at radius 2 is 1.85 bits per heavy atom. The largest absolute Gasteiger partial charge is 0.493 e. The van der Waals surface area contributed by atoms with Crippen molar-refractivity contribution in [3.8, 4) is 11.5 Å². The summed E-state index contributed by atoms with van der Waals surface area (Å²) in [6.07, 6.45) is 1.03. The first-order chi connectivity index (χ1) is 16.1. The molecule has 0 atom stereocenters. The minimum Gasteiger partial charge on any atom is -0.493 e. The van der Waals surface area contributed by atoms with Crippen LogP contribution in [-0.2, 0) is 11.3 Å². The van der Waals surface area contributed by atoms with Crippen LogP contribution in [0.3, 0.4) is 0 Å². The topological polar surface area (TPSA) is 102 Å². The Balaban J connectivity index is 1.46. The van der Waals surface area contributed by atoms with Crippen molar-refractivity contribution in [2.75, 3.05) is 26.1 Å². The highest BCUT2D eigenvalue weighted by Crippen LogP contribution is 2.28. The van der Waals surface area contributed by atoms with E-state index in [0.717, 1.165) is 11.1 Å². The number of methoxy groups -OCH3 is 2. The fourth-order valence-electron chi connectivity index (χ4n) is 3.24. The molecule has 0 spiro atoms. The number of benzene rings is 2. The van der Waals surface area contributed by atoms with Crippen LogP contribution < -0.4 is 14.8 Å². The maximum absolute atomic E-state index is 12.3. The number of cyclic esters (lactones) is 1. The Kier molecular flexibility index (Phi) is 6.49. The highest BCUT2D eigenvalue weighted by atomic mass is 16.6. The molecule has 1 aliphatic rings. The molecule has 0 bridgehead atoms. The zero-order chi connectivity index (χ0) is 23.2. The van der Waals surface area contributed by atoms with Crippen molar-refractivity contribution in [3.05, 3.63) is 83.7 Å². The molecular weight excluding hydrogens is 424 g/mol. The molecule has 2 heterocycles. The van der Waals surface area contributed by atoms with Gasteiger partial charge in [-0.2, -0.15) is 10.1 Å². The summed E-state index contributed by atoms with van der Waals surface area (Å²) < 4.78 is 15.9. The van der Waals surface area contributed by atoms with Gasteiger partial charge in [0.15, 0.2) is 11.5 Å². The summed E-state index contributed by atoms with van der Waals surface area (Å²) in [7, 11) is 3.12. The van der Waals surface area contributed by atoms with E-state index in [1.54, 1.807) is 62.9 Å². The van der Waals surface area contributed by atoms with Crippen molar-refractivity contribution < 1.29 is 23.8 Å². The summed E-state index contributed by atoms with van der Waals surface area (Å²) in [5.41, 5.74) is 3.12. The molecule has 0 saturated carbocycles. The van der Waals surface area contributed by atoms with Crippen LogP contribution in [0.15, 0.2) is 72.0 Å². The second-order valence-electron chi connectivity index (χ2n) is 7.09. The molecule has 9 heteroatoms. The van der Waals surface area contributed by atoms with Gasteiger partial charge in [-0.1, -0.05) is 18.2 Å². The van der Waals surface area contributed by atoms with Crippen molar-refractivity contribution in [2.45, 2.75) is 6.54 Å². The number of aromatic nitrogens is 1. The molecule has 2 amide bonds. The van der Waals surface area contributed by atoms with Gasteiger partial charge in [0.25, 0.3) is 5.91 Å². The number of carbonyl (C=O) groups excluding carboxylic acids is 2. The van der Waals surface area contributed by atoms with Crippen molar-refractivity contribution in [2.24, 2.45) is 5.10 Å². The lowest BCUT2D eigenvalue weighted by molar-refractivity contribution is 0.102. The monoisotopic (exact) mass is 446 g/mol. The third-order valence-electron chi connectivity index (χ3n) is 4.94. The van der Waals surface area contributed by atoms with Crippen LogP contribution >= 0.6 is 0 Å². The summed E-state index contributed by atoms with van der Waals surface area (Å²) in [4.78, 5) is 28.5. The molecule has 0 saturated heterocycles. The van der Waals surface area contributed by atoms with Crippen LogP contribution in [0.25, 0.3) is 0 Å². The van der Waals surface area contributed by atoms with E-state index in [-0.39, 0.29) is 19.1 Å². The van der Waals surface area contributed by atoms with E-state index in [4.69, 9.17) is 14.2 Å². The number of ether oxygens (including phenoxy) is 3. The number of nitrogens with one attached hydrogen (secondary N) is 1. The van der Waals surface area contributed by atoms with Crippen molar-refractivity contribution >= 4 is 23.4 Å². The lowest BCUT2D eigenvalue weighted by Gasteiger charge is -2.24. The number of nitrogens with zero attached hydrogens (tertiary/aromatic N) is 3. The minimum absolute atomic E-state index is 0.0588. The Morgan fingerprint density at radius 3 is 2.55 bits per heavy atom. The van der Waals surface area contributed by atoms with Crippen LogP contribution in [-0.4, -0.2) is 48.5 Å². The molecule has 3 aromatic rings. The van der Waals surface area contributed by atoms with Gasteiger partial charge in [0, 0.05) is 17.4 Å². The summed E-state index contributed by atoms with van der Waals surface area (Å²) in [6.45, 7) is 0.271. The van der Waals surface area contributed by atoms with Gasteiger partial charge in [-0.15, -0.1) is 0 Å². The van der Waals surface area contributed by atoms with Gasteiger partial charge in [0.05, 0.1) is 20.8 Å². The highest BCUT2D eigenvalue weighted by molar-refractivity contribution is 6.04. The van der Waals surface area contributed by atoms with Crippen molar-refractivity contribution in [1.29, 1.82) is 0 Å². The van der Waals surface area contributed by atoms with E-state index in [2.05, 4.69) is 15.4 Å². The molecule has 1 N–H and O–H groups in total. The second-order valence-corrected chi connectivity index (χ2v) is 7.09. The van der Waals surface area contributed by atoms with E-state index >= 15 is 0 Å². The molecule has 33 heavy (non-hydrogen) atoms. The second kappa shape index (κ2) is 9.82. The maximum Gasteiger partial charge on any atom is 0.431 e. The van der Waals surface area contributed by atoms with Crippen LogP contribution in [0.2, 0.25) is 0 Å². The van der Waals surface area contributed by atoms with Gasteiger partial charge in [0.1, 0.15) is 18.0 Å². The molecule has 0 fully saturated rings. The lowest BCUT2D eigenvalue weighted by Crippen LogP contribution is -2.35. The number of amides is 2. The van der Waals surface area contributed by atoms with E-state index in [1.807, 2.05) is 18.2 Å². The summed E-state index contributed by atoms with van der Waals surface area (Å²) in [6, 6.07) is 17.6. The predicted octanol–water partition coefficient (Wildman–Crippen LogP) is 3.71. The molecule has 4 rings (SSSR count). The Morgan fingerprint density at radius 1 is 1.06 bits per heavy atom. The van der Waals surface area contributed by atoms with Gasteiger partial charge >= 0.3 is 6.09 Å². The first-order valence-electron chi connectivity index (χ1n) is 10.1. The fraction of sp³-hybridized carbons (Fsp3) is 0.167. The zero-order valence-corrected chi connectivity index (χ0v) is 18.1. The van der Waals surface area contributed by atoms with Gasteiger partial charge in [-0.3, -0.25) is 9.78 Å². The standard InChI is InChI=1S/C24H22N4O5/c1-31-21-11-8-17(13-22(21)32-2)20-15-33-24(30)28(27-20)14-16-6-9-18(10-7-16)26-23(29)19-5-3-4-12-25-19/h3-13H,14-15H2,1-2H3,(H,26,29). The lowest BCUT2D eigenvalue weighted by atomic mass is 10.1. The molecule has 0 aliphatic carbocycles. The number of anilines is 1. The Hall–Kier alpha value is -4.40. The highest BCUT2D eigenvalue weighted by Gasteiger charge is 2.23. The average molecular weight is 446 g/mol. The zero-order valence-electron chi connectivity index (χ0n) is 18.1. The number of rotatable bonds is 7. The van der Waals surface area contributed by atoms with Gasteiger partial charge in [-0.05, 0) is 48.0 Å². The van der Waals surface area contributed by atoms with Gasteiger partial charge in [-0.25, -0.2) is 4.79 Å². The average Bonchev–Trinajstić information content (AvgIpc) is 2.86. The third kappa shape index (κ3) is 5.09. The van der Waals surface area contributed by atoms with Gasteiger partial charge < -0.3 is 19.5 Å². The Labute approximate surface area is 190 Å².